The first kappa shape index (κ1) is 16.7. The second kappa shape index (κ2) is 6.41. The minimum atomic E-state index is -4.64. The fraction of sp³-hybridized carbons (Fsp3) is 0.417. The van der Waals surface area contributed by atoms with Gasteiger partial charge in [0.25, 0.3) is 0 Å². The van der Waals surface area contributed by atoms with Gasteiger partial charge in [0.2, 0.25) is 6.17 Å². The predicted octanol–water partition coefficient (Wildman–Crippen LogP) is 3.26. The molecule has 0 aliphatic carbocycles. The Labute approximate surface area is 117 Å². The standard InChI is InChI=1S/C12H12ClF4NO2/c1-2-20-11(19)9(14)10(18)6-3-7(12(15,16)17)5-8(13)4-6/h3-5,9-10H,2,18H2,1H3/t9?,10-/m1/s1. The third-order valence-electron chi connectivity index (χ3n) is 2.46. The number of hydrogen-bond acceptors (Lipinski definition) is 3. The molecule has 0 spiro atoms. The van der Waals surface area contributed by atoms with Crippen LogP contribution in [0, 0.1) is 0 Å². The fourth-order valence-corrected chi connectivity index (χ4v) is 1.75. The number of hydrogen-bond donors (Lipinski definition) is 1. The number of nitrogens with two attached hydrogens (primary N) is 1. The average Bonchev–Trinajstić information content (AvgIpc) is 2.35. The molecule has 20 heavy (non-hydrogen) atoms. The Morgan fingerprint density at radius 1 is 1.40 bits per heavy atom. The molecule has 112 valence electrons. The summed E-state index contributed by atoms with van der Waals surface area (Å²) in [6.45, 7) is 1.41. The molecule has 0 saturated carbocycles. The van der Waals surface area contributed by atoms with E-state index in [1.807, 2.05) is 0 Å². The molecule has 0 bridgehead atoms. The van der Waals surface area contributed by atoms with Crippen LogP contribution in [0.2, 0.25) is 5.02 Å². The van der Waals surface area contributed by atoms with E-state index in [0.717, 1.165) is 6.07 Å². The van der Waals surface area contributed by atoms with Crippen molar-refractivity contribution in [1.29, 1.82) is 0 Å². The van der Waals surface area contributed by atoms with E-state index in [1.54, 1.807) is 0 Å². The molecular formula is C12H12ClF4NO2. The van der Waals surface area contributed by atoms with E-state index in [0.29, 0.717) is 12.1 Å². The number of alkyl halides is 4. The van der Waals surface area contributed by atoms with Gasteiger partial charge in [-0.15, -0.1) is 0 Å². The Kier molecular flexibility index (Phi) is 5.35. The summed E-state index contributed by atoms with van der Waals surface area (Å²) in [4.78, 5) is 11.2. The van der Waals surface area contributed by atoms with Gasteiger partial charge in [-0.25, -0.2) is 9.18 Å². The third kappa shape index (κ3) is 4.08. The SMILES string of the molecule is CCOC(=O)C(F)[C@H](N)c1cc(Cl)cc(C(F)(F)F)c1. The van der Waals surface area contributed by atoms with Crippen LogP contribution in [0.3, 0.4) is 0 Å². The summed E-state index contributed by atoms with van der Waals surface area (Å²) in [5.41, 5.74) is 4.15. The molecule has 1 aromatic carbocycles. The Bertz CT molecular complexity index is 493. The minimum Gasteiger partial charge on any atom is -0.464 e. The summed E-state index contributed by atoms with van der Waals surface area (Å²) < 4.78 is 55.9. The summed E-state index contributed by atoms with van der Waals surface area (Å²) in [5, 5.41) is -0.249. The Morgan fingerprint density at radius 3 is 2.50 bits per heavy atom. The van der Waals surface area contributed by atoms with E-state index in [-0.39, 0.29) is 17.2 Å². The molecule has 0 heterocycles. The lowest BCUT2D eigenvalue weighted by molar-refractivity contribution is -0.149. The van der Waals surface area contributed by atoms with Crippen LogP contribution in [0.25, 0.3) is 0 Å². The van der Waals surface area contributed by atoms with Crippen molar-refractivity contribution in [3.63, 3.8) is 0 Å². The van der Waals surface area contributed by atoms with Gasteiger partial charge in [-0.3, -0.25) is 0 Å². The predicted molar refractivity (Wildman–Crippen MR) is 64.9 cm³/mol. The third-order valence-corrected chi connectivity index (χ3v) is 2.68. The van der Waals surface area contributed by atoms with Crippen molar-refractivity contribution in [2.24, 2.45) is 5.73 Å². The number of esters is 1. The van der Waals surface area contributed by atoms with Crippen molar-refractivity contribution in [2.45, 2.75) is 25.3 Å². The van der Waals surface area contributed by atoms with Crippen LogP contribution in [-0.2, 0) is 15.7 Å². The lowest BCUT2D eigenvalue weighted by Gasteiger charge is -2.17. The maximum absolute atomic E-state index is 13.7. The molecule has 1 rings (SSSR count). The molecule has 0 amide bonds. The maximum Gasteiger partial charge on any atom is 0.416 e. The highest BCUT2D eigenvalue weighted by Crippen LogP contribution is 2.33. The molecule has 2 atom stereocenters. The molecule has 0 aromatic heterocycles. The van der Waals surface area contributed by atoms with Crippen molar-refractivity contribution in [2.75, 3.05) is 6.61 Å². The molecule has 0 saturated heterocycles. The number of halogens is 5. The quantitative estimate of drug-likeness (QED) is 0.685. The van der Waals surface area contributed by atoms with Gasteiger partial charge >= 0.3 is 12.1 Å². The molecule has 0 aliphatic heterocycles. The molecule has 0 radical (unpaired) electrons. The van der Waals surface area contributed by atoms with Crippen LogP contribution in [0.5, 0.6) is 0 Å². The molecule has 1 aromatic rings. The lowest BCUT2D eigenvalue weighted by atomic mass is 10.0. The molecule has 3 nitrogen and oxygen atoms in total. The molecule has 0 aliphatic rings. The smallest absolute Gasteiger partial charge is 0.416 e. The molecule has 1 unspecified atom stereocenters. The number of ether oxygens (including phenoxy) is 1. The first-order chi connectivity index (χ1) is 9.16. The van der Waals surface area contributed by atoms with Crippen LogP contribution in [0.4, 0.5) is 17.6 Å². The van der Waals surface area contributed by atoms with Gasteiger partial charge in [0.15, 0.2) is 0 Å². The first-order valence-electron chi connectivity index (χ1n) is 5.60. The lowest BCUT2D eigenvalue weighted by Crippen LogP contribution is -2.31. The largest absolute Gasteiger partial charge is 0.464 e. The molecule has 2 N–H and O–H groups in total. The van der Waals surface area contributed by atoms with Crippen LogP contribution in [-0.4, -0.2) is 18.7 Å². The van der Waals surface area contributed by atoms with Gasteiger partial charge in [0.05, 0.1) is 18.2 Å². The number of rotatable bonds is 4. The molecule has 8 heteroatoms. The molecular weight excluding hydrogens is 302 g/mol. The van der Waals surface area contributed by atoms with E-state index in [4.69, 9.17) is 17.3 Å². The Morgan fingerprint density at radius 2 is 2.00 bits per heavy atom. The Balaban J connectivity index is 3.07. The van der Waals surface area contributed by atoms with Crippen LogP contribution in [0.15, 0.2) is 18.2 Å². The zero-order valence-corrected chi connectivity index (χ0v) is 11.1. The van der Waals surface area contributed by atoms with E-state index in [1.165, 1.54) is 6.92 Å². The minimum absolute atomic E-state index is 0.0602. The van der Waals surface area contributed by atoms with E-state index < -0.39 is 29.9 Å². The van der Waals surface area contributed by atoms with Crippen molar-refractivity contribution >= 4 is 17.6 Å². The summed E-state index contributed by atoms with van der Waals surface area (Å²) in [6.07, 6.45) is -6.91. The number of benzene rings is 1. The zero-order chi connectivity index (χ0) is 15.5. The van der Waals surface area contributed by atoms with Gasteiger partial charge in [-0.2, -0.15) is 13.2 Å². The van der Waals surface area contributed by atoms with Crippen LogP contribution in [0.1, 0.15) is 24.1 Å². The van der Waals surface area contributed by atoms with E-state index in [9.17, 15) is 22.4 Å². The number of carbonyl (C=O) groups is 1. The molecule has 0 fully saturated rings. The van der Waals surface area contributed by atoms with Crippen molar-refractivity contribution in [1.82, 2.24) is 0 Å². The highest BCUT2D eigenvalue weighted by molar-refractivity contribution is 6.30. The van der Waals surface area contributed by atoms with Gasteiger partial charge < -0.3 is 10.5 Å². The van der Waals surface area contributed by atoms with Crippen LogP contribution < -0.4 is 5.73 Å². The van der Waals surface area contributed by atoms with Gasteiger partial charge in [-0.1, -0.05) is 11.6 Å². The highest BCUT2D eigenvalue weighted by atomic mass is 35.5. The monoisotopic (exact) mass is 313 g/mol. The summed E-state index contributed by atoms with van der Waals surface area (Å²) in [5.74, 6) is -1.23. The summed E-state index contributed by atoms with van der Waals surface area (Å²) in [7, 11) is 0. The van der Waals surface area contributed by atoms with Gasteiger partial charge in [-0.05, 0) is 30.7 Å². The van der Waals surface area contributed by atoms with Gasteiger partial charge in [0, 0.05) is 5.02 Å². The second-order valence-electron chi connectivity index (χ2n) is 3.95. The fourth-order valence-electron chi connectivity index (χ4n) is 1.51. The van der Waals surface area contributed by atoms with Crippen molar-refractivity contribution in [3.05, 3.63) is 34.3 Å². The zero-order valence-electron chi connectivity index (χ0n) is 10.4. The van der Waals surface area contributed by atoms with E-state index in [2.05, 4.69) is 4.74 Å². The number of carbonyl (C=O) groups excluding carboxylic acids is 1. The average molecular weight is 314 g/mol. The van der Waals surface area contributed by atoms with E-state index >= 15 is 0 Å². The van der Waals surface area contributed by atoms with Crippen molar-refractivity contribution in [3.8, 4) is 0 Å². The highest BCUT2D eigenvalue weighted by Gasteiger charge is 2.33. The van der Waals surface area contributed by atoms with Crippen LogP contribution >= 0.6 is 11.6 Å². The first-order valence-corrected chi connectivity index (χ1v) is 5.98. The van der Waals surface area contributed by atoms with Crippen molar-refractivity contribution < 1.29 is 27.1 Å². The summed E-state index contributed by atoms with van der Waals surface area (Å²) in [6, 6.07) is 0.833. The normalized spacial score (nSPS) is 14.8. The summed E-state index contributed by atoms with van der Waals surface area (Å²) >= 11 is 5.55. The second-order valence-corrected chi connectivity index (χ2v) is 4.39. The topological polar surface area (TPSA) is 52.3 Å². The maximum atomic E-state index is 13.7. The van der Waals surface area contributed by atoms with Gasteiger partial charge in [0.1, 0.15) is 0 Å². The Hall–Kier alpha value is -1.34.